The Morgan fingerprint density at radius 2 is 2.00 bits per heavy atom. The summed E-state index contributed by atoms with van der Waals surface area (Å²) in [5.74, 6) is 0.486. The van der Waals surface area contributed by atoms with Gasteiger partial charge in [0.2, 0.25) is 0 Å². The maximum Gasteiger partial charge on any atom is 0.137 e. The van der Waals surface area contributed by atoms with Crippen LogP contribution in [0.15, 0.2) is 16.6 Å². The Morgan fingerprint density at radius 3 is 2.56 bits per heavy atom. The maximum atomic E-state index is 13.7. The minimum Gasteiger partial charge on any atom is -0.495 e. The number of halogens is 2. The lowest BCUT2D eigenvalue weighted by Crippen LogP contribution is -2.37. The zero-order chi connectivity index (χ0) is 13.2. The van der Waals surface area contributed by atoms with Gasteiger partial charge in [-0.05, 0) is 40.9 Å². The van der Waals surface area contributed by atoms with Crippen LogP contribution in [0, 0.1) is 5.82 Å². The highest BCUT2D eigenvalue weighted by molar-refractivity contribution is 9.10. The quantitative estimate of drug-likeness (QED) is 0.921. The van der Waals surface area contributed by atoms with Crippen molar-refractivity contribution in [2.75, 3.05) is 13.7 Å². The summed E-state index contributed by atoms with van der Waals surface area (Å²) in [6, 6.07) is 3.02. The van der Waals surface area contributed by atoms with Gasteiger partial charge in [0.05, 0.1) is 11.6 Å². The molecule has 2 nitrogen and oxygen atoms in total. The van der Waals surface area contributed by atoms with Crippen molar-refractivity contribution in [2.24, 2.45) is 5.73 Å². The molecular weight excluding hydrogens is 297 g/mol. The lowest BCUT2D eigenvalue weighted by molar-refractivity contribution is 0.286. The van der Waals surface area contributed by atoms with Crippen LogP contribution in [-0.4, -0.2) is 13.7 Å². The van der Waals surface area contributed by atoms with Crippen molar-refractivity contribution in [1.29, 1.82) is 0 Å². The number of ether oxygens (including phenoxy) is 1. The number of benzene rings is 1. The second-order valence-corrected chi connectivity index (χ2v) is 5.87. The minimum atomic E-state index is -0.240. The first-order chi connectivity index (χ1) is 8.63. The lowest BCUT2D eigenvalue weighted by atomic mass is 9.69. The second kappa shape index (κ2) is 5.57. The molecule has 0 amide bonds. The van der Waals surface area contributed by atoms with Crippen LogP contribution >= 0.6 is 15.9 Å². The highest BCUT2D eigenvalue weighted by Gasteiger charge is 2.36. The molecule has 4 heteroatoms. The summed E-state index contributed by atoms with van der Waals surface area (Å²) in [4.78, 5) is 0. The third kappa shape index (κ3) is 2.41. The predicted octanol–water partition coefficient (Wildman–Crippen LogP) is 3.76. The first-order valence-electron chi connectivity index (χ1n) is 6.36. The van der Waals surface area contributed by atoms with Gasteiger partial charge in [-0.2, -0.15) is 0 Å². The number of nitrogens with two attached hydrogens (primary N) is 1. The molecule has 0 unspecified atom stereocenters. The Bertz CT molecular complexity index is 430. The van der Waals surface area contributed by atoms with Crippen LogP contribution < -0.4 is 10.5 Å². The Hall–Kier alpha value is -0.610. The molecule has 0 bridgehead atoms. The van der Waals surface area contributed by atoms with Crippen molar-refractivity contribution in [3.05, 3.63) is 28.0 Å². The number of hydrogen-bond donors (Lipinski definition) is 1. The predicted molar refractivity (Wildman–Crippen MR) is 74.5 cm³/mol. The number of rotatable bonds is 3. The second-order valence-electron chi connectivity index (χ2n) is 5.01. The van der Waals surface area contributed by atoms with Crippen molar-refractivity contribution < 1.29 is 9.13 Å². The molecular formula is C14H19BrFNO. The van der Waals surface area contributed by atoms with E-state index in [4.69, 9.17) is 10.5 Å². The van der Waals surface area contributed by atoms with E-state index in [0.29, 0.717) is 11.0 Å². The largest absolute Gasteiger partial charge is 0.495 e. The summed E-state index contributed by atoms with van der Waals surface area (Å²) in [5, 5.41) is 0. The summed E-state index contributed by atoms with van der Waals surface area (Å²) in [6.45, 7) is 0.541. The van der Waals surface area contributed by atoms with E-state index in [1.807, 2.05) is 0 Å². The molecule has 0 saturated heterocycles. The fourth-order valence-electron chi connectivity index (χ4n) is 2.97. The zero-order valence-corrected chi connectivity index (χ0v) is 12.2. The average molecular weight is 316 g/mol. The van der Waals surface area contributed by atoms with E-state index >= 15 is 0 Å². The van der Waals surface area contributed by atoms with E-state index in [-0.39, 0.29) is 11.2 Å². The van der Waals surface area contributed by atoms with Gasteiger partial charge in [0.25, 0.3) is 0 Å². The van der Waals surface area contributed by atoms with E-state index in [0.717, 1.165) is 37.0 Å². The normalized spacial score (nSPS) is 18.7. The molecule has 1 fully saturated rings. The fourth-order valence-corrected chi connectivity index (χ4v) is 3.57. The maximum absolute atomic E-state index is 13.7. The van der Waals surface area contributed by atoms with Gasteiger partial charge in [-0.25, -0.2) is 4.39 Å². The molecule has 0 heterocycles. The molecule has 0 spiro atoms. The minimum absolute atomic E-state index is 0.131. The van der Waals surface area contributed by atoms with Crippen LogP contribution in [0.3, 0.4) is 0 Å². The average Bonchev–Trinajstić information content (AvgIpc) is 2.38. The first kappa shape index (κ1) is 13.8. The third-order valence-electron chi connectivity index (χ3n) is 3.99. The van der Waals surface area contributed by atoms with Gasteiger partial charge in [0, 0.05) is 17.5 Å². The fraction of sp³-hybridized carbons (Fsp3) is 0.571. The lowest BCUT2D eigenvalue weighted by Gasteiger charge is -2.37. The van der Waals surface area contributed by atoms with Gasteiger partial charge in [-0.15, -0.1) is 0 Å². The molecule has 18 heavy (non-hydrogen) atoms. The van der Waals surface area contributed by atoms with Crippen molar-refractivity contribution >= 4 is 15.9 Å². The van der Waals surface area contributed by atoms with E-state index in [1.54, 1.807) is 13.2 Å². The smallest absolute Gasteiger partial charge is 0.137 e. The van der Waals surface area contributed by atoms with Crippen LogP contribution in [-0.2, 0) is 5.41 Å². The molecule has 2 N–H and O–H groups in total. The van der Waals surface area contributed by atoms with Gasteiger partial charge in [0.1, 0.15) is 11.6 Å². The van der Waals surface area contributed by atoms with E-state index in [1.165, 1.54) is 12.5 Å². The van der Waals surface area contributed by atoms with Crippen molar-refractivity contribution in [3.8, 4) is 5.75 Å². The van der Waals surface area contributed by atoms with Crippen LogP contribution in [0.25, 0.3) is 0 Å². The van der Waals surface area contributed by atoms with E-state index < -0.39 is 0 Å². The Kier molecular flexibility index (Phi) is 4.28. The molecule has 0 atom stereocenters. The summed E-state index contributed by atoms with van der Waals surface area (Å²) in [7, 11) is 1.62. The van der Waals surface area contributed by atoms with Crippen LogP contribution in [0.2, 0.25) is 0 Å². The van der Waals surface area contributed by atoms with Crippen molar-refractivity contribution in [2.45, 2.75) is 37.5 Å². The highest BCUT2D eigenvalue weighted by Crippen LogP contribution is 2.45. The molecule has 0 aromatic heterocycles. The van der Waals surface area contributed by atoms with Gasteiger partial charge < -0.3 is 10.5 Å². The van der Waals surface area contributed by atoms with Crippen molar-refractivity contribution in [1.82, 2.24) is 0 Å². The van der Waals surface area contributed by atoms with E-state index in [2.05, 4.69) is 15.9 Å². The Morgan fingerprint density at radius 1 is 1.33 bits per heavy atom. The van der Waals surface area contributed by atoms with Crippen LogP contribution in [0.5, 0.6) is 5.75 Å². The monoisotopic (exact) mass is 315 g/mol. The number of hydrogen-bond acceptors (Lipinski definition) is 2. The van der Waals surface area contributed by atoms with Gasteiger partial charge in [-0.1, -0.05) is 19.3 Å². The van der Waals surface area contributed by atoms with Crippen LogP contribution in [0.4, 0.5) is 4.39 Å². The molecule has 1 aliphatic carbocycles. The molecule has 0 aliphatic heterocycles. The zero-order valence-electron chi connectivity index (χ0n) is 10.6. The standard InChI is InChI=1S/C14H19BrFNO/c1-18-13-11(7-10(16)8-12(13)15)14(9-17)5-3-2-4-6-14/h7-8H,2-6,9,17H2,1H3. The van der Waals surface area contributed by atoms with Gasteiger partial charge >= 0.3 is 0 Å². The Balaban J connectivity index is 2.53. The third-order valence-corrected chi connectivity index (χ3v) is 4.57. The molecule has 0 radical (unpaired) electrons. The molecule has 100 valence electrons. The first-order valence-corrected chi connectivity index (χ1v) is 7.16. The van der Waals surface area contributed by atoms with Gasteiger partial charge in [-0.3, -0.25) is 0 Å². The van der Waals surface area contributed by atoms with Crippen molar-refractivity contribution in [3.63, 3.8) is 0 Å². The van der Waals surface area contributed by atoms with E-state index in [9.17, 15) is 4.39 Å². The summed E-state index contributed by atoms with van der Waals surface area (Å²) in [6.07, 6.45) is 5.55. The number of methoxy groups -OCH3 is 1. The molecule has 1 aliphatic rings. The summed E-state index contributed by atoms with van der Waals surface area (Å²) < 4.78 is 19.8. The summed E-state index contributed by atoms with van der Waals surface area (Å²) >= 11 is 3.37. The van der Waals surface area contributed by atoms with Gasteiger partial charge in [0.15, 0.2) is 0 Å². The molecule has 1 saturated carbocycles. The van der Waals surface area contributed by atoms with Crippen LogP contribution in [0.1, 0.15) is 37.7 Å². The Labute approximate surface area is 116 Å². The summed E-state index contributed by atoms with van der Waals surface area (Å²) in [5.41, 5.74) is 6.79. The highest BCUT2D eigenvalue weighted by atomic mass is 79.9. The molecule has 2 rings (SSSR count). The molecule has 1 aromatic rings. The topological polar surface area (TPSA) is 35.2 Å². The molecule has 1 aromatic carbocycles. The SMILES string of the molecule is COc1c(Br)cc(F)cc1C1(CN)CCCCC1.